The third kappa shape index (κ3) is 4.46. The van der Waals surface area contributed by atoms with Crippen LogP contribution in [0.3, 0.4) is 0 Å². The predicted octanol–water partition coefficient (Wildman–Crippen LogP) is -0.243. The summed E-state index contributed by atoms with van der Waals surface area (Å²) in [5, 5.41) is 5.17. The fourth-order valence-electron chi connectivity index (χ4n) is 3.12. The molecule has 8 heteroatoms. The van der Waals surface area contributed by atoms with Crippen molar-refractivity contribution in [3.63, 3.8) is 0 Å². The summed E-state index contributed by atoms with van der Waals surface area (Å²) in [6.45, 7) is 0.493. The van der Waals surface area contributed by atoms with E-state index >= 15 is 0 Å². The van der Waals surface area contributed by atoms with Crippen LogP contribution >= 0.6 is 11.8 Å². The molecular weight excluding hydrogens is 318 g/mol. The van der Waals surface area contributed by atoms with Crippen LogP contribution in [-0.4, -0.2) is 60.2 Å². The Morgan fingerprint density at radius 3 is 2.22 bits per heavy atom. The number of fused-ring (bicyclic) bond motifs is 1. The SMILES string of the molecule is CNC(=O)CSCC(=O)NCCN1C(=O)[C@H]2CCCC[C@H]2C1=O. The van der Waals surface area contributed by atoms with E-state index in [0.717, 1.165) is 25.7 Å². The highest BCUT2D eigenvalue weighted by Crippen LogP contribution is 2.37. The fourth-order valence-corrected chi connectivity index (χ4v) is 3.84. The number of nitrogens with zero attached hydrogens (tertiary/aromatic N) is 1. The zero-order valence-corrected chi connectivity index (χ0v) is 14.1. The van der Waals surface area contributed by atoms with Crippen LogP contribution in [0.2, 0.25) is 0 Å². The molecule has 7 nitrogen and oxygen atoms in total. The maximum Gasteiger partial charge on any atom is 0.233 e. The van der Waals surface area contributed by atoms with Gasteiger partial charge in [-0.15, -0.1) is 11.8 Å². The molecule has 2 N–H and O–H groups in total. The van der Waals surface area contributed by atoms with Crippen molar-refractivity contribution in [1.29, 1.82) is 0 Å². The minimum absolute atomic E-state index is 0.0806. The van der Waals surface area contributed by atoms with Crippen molar-refractivity contribution < 1.29 is 19.2 Å². The first kappa shape index (κ1) is 17.8. The summed E-state index contributed by atoms with van der Waals surface area (Å²) >= 11 is 1.22. The van der Waals surface area contributed by atoms with Gasteiger partial charge in [0.2, 0.25) is 23.6 Å². The van der Waals surface area contributed by atoms with Gasteiger partial charge >= 0.3 is 0 Å². The van der Waals surface area contributed by atoms with Gasteiger partial charge in [0.05, 0.1) is 23.3 Å². The Hall–Kier alpha value is -1.57. The minimum Gasteiger partial charge on any atom is -0.358 e. The van der Waals surface area contributed by atoms with Crippen molar-refractivity contribution in [2.24, 2.45) is 11.8 Å². The molecule has 0 unspecified atom stereocenters. The zero-order chi connectivity index (χ0) is 16.8. The van der Waals surface area contributed by atoms with E-state index < -0.39 is 0 Å². The Morgan fingerprint density at radius 1 is 1.09 bits per heavy atom. The van der Waals surface area contributed by atoms with Gasteiger partial charge < -0.3 is 10.6 Å². The Bertz CT molecular complexity index is 473. The van der Waals surface area contributed by atoms with Gasteiger partial charge in [0.1, 0.15) is 0 Å². The van der Waals surface area contributed by atoms with E-state index in [1.54, 1.807) is 7.05 Å². The van der Waals surface area contributed by atoms with Crippen LogP contribution < -0.4 is 10.6 Å². The van der Waals surface area contributed by atoms with Gasteiger partial charge in [0.25, 0.3) is 0 Å². The van der Waals surface area contributed by atoms with Crippen LogP contribution in [0.1, 0.15) is 25.7 Å². The molecule has 0 spiro atoms. The summed E-state index contributed by atoms with van der Waals surface area (Å²) in [6, 6.07) is 0. The molecule has 2 atom stereocenters. The average Bonchev–Trinajstić information content (AvgIpc) is 2.80. The molecule has 4 amide bonds. The molecule has 2 fully saturated rings. The maximum atomic E-state index is 12.2. The molecule has 1 heterocycles. The Morgan fingerprint density at radius 2 is 1.65 bits per heavy atom. The molecule has 1 saturated heterocycles. The van der Waals surface area contributed by atoms with Crippen molar-refractivity contribution in [3.8, 4) is 0 Å². The van der Waals surface area contributed by atoms with Crippen LogP contribution in [0.15, 0.2) is 0 Å². The number of carbonyl (C=O) groups excluding carboxylic acids is 4. The topological polar surface area (TPSA) is 95.6 Å². The van der Waals surface area contributed by atoms with Gasteiger partial charge in [-0.25, -0.2) is 0 Å². The summed E-state index contributed by atoms with van der Waals surface area (Å²) in [6.07, 6.45) is 3.61. The second kappa shape index (κ2) is 8.33. The first-order chi connectivity index (χ1) is 11.0. The second-order valence-electron chi connectivity index (χ2n) is 5.84. The maximum absolute atomic E-state index is 12.2. The lowest BCUT2D eigenvalue weighted by molar-refractivity contribution is -0.140. The fraction of sp³-hybridized carbons (Fsp3) is 0.733. The lowest BCUT2D eigenvalue weighted by atomic mass is 9.81. The van der Waals surface area contributed by atoms with Crippen molar-refractivity contribution in [1.82, 2.24) is 15.5 Å². The van der Waals surface area contributed by atoms with E-state index in [0.29, 0.717) is 0 Å². The quantitative estimate of drug-likeness (QED) is 0.623. The van der Waals surface area contributed by atoms with Crippen LogP contribution in [0.25, 0.3) is 0 Å². The number of nitrogens with one attached hydrogen (secondary N) is 2. The normalized spacial score (nSPS) is 23.6. The first-order valence-corrected chi connectivity index (χ1v) is 9.10. The van der Waals surface area contributed by atoms with E-state index in [4.69, 9.17) is 0 Å². The molecule has 128 valence electrons. The number of imide groups is 1. The Balaban J connectivity index is 1.69. The lowest BCUT2D eigenvalue weighted by Crippen LogP contribution is -2.39. The molecule has 0 aromatic carbocycles. The monoisotopic (exact) mass is 341 g/mol. The van der Waals surface area contributed by atoms with E-state index in [9.17, 15) is 19.2 Å². The molecule has 0 aromatic heterocycles. The first-order valence-electron chi connectivity index (χ1n) is 7.95. The number of amides is 4. The van der Waals surface area contributed by atoms with E-state index in [-0.39, 0.29) is 60.1 Å². The highest BCUT2D eigenvalue weighted by molar-refractivity contribution is 8.00. The minimum atomic E-state index is -0.199. The van der Waals surface area contributed by atoms with Gasteiger partial charge in [-0.2, -0.15) is 0 Å². The molecule has 23 heavy (non-hydrogen) atoms. The van der Waals surface area contributed by atoms with E-state index in [1.807, 2.05) is 0 Å². The van der Waals surface area contributed by atoms with Crippen LogP contribution in [-0.2, 0) is 19.2 Å². The molecular formula is C15H23N3O4S. The molecule has 1 aliphatic carbocycles. The third-order valence-corrected chi connectivity index (χ3v) is 5.27. The Kier molecular flexibility index (Phi) is 6.44. The largest absolute Gasteiger partial charge is 0.358 e. The number of hydrogen-bond acceptors (Lipinski definition) is 5. The summed E-state index contributed by atoms with van der Waals surface area (Å²) in [4.78, 5) is 48.5. The highest BCUT2D eigenvalue weighted by Gasteiger charge is 2.47. The van der Waals surface area contributed by atoms with E-state index in [2.05, 4.69) is 10.6 Å². The van der Waals surface area contributed by atoms with Crippen LogP contribution in [0.4, 0.5) is 0 Å². The molecule has 0 radical (unpaired) electrons. The van der Waals surface area contributed by atoms with Gasteiger partial charge in [0, 0.05) is 20.1 Å². The van der Waals surface area contributed by atoms with Gasteiger partial charge in [-0.05, 0) is 12.8 Å². The van der Waals surface area contributed by atoms with Crippen LogP contribution in [0.5, 0.6) is 0 Å². The zero-order valence-electron chi connectivity index (χ0n) is 13.3. The molecule has 2 aliphatic rings. The molecule has 2 rings (SSSR count). The smallest absolute Gasteiger partial charge is 0.233 e. The number of rotatable bonds is 7. The Labute approximate surface area is 139 Å². The predicted molar refractivity (Wildman–Crippen MR) is 86.6 cm³/mol. The molecule has 1 aliphatic heterocycles. The number of carbonyl (C=O) groups is 4. The molecule has 0 bridgehead atoms. The highest BCUT2D eigenvalue weighted by atomic mass is 32.2. The van der Waals surface area contributed by atoms with Crippen molar-refractivity contribution in [2.75, 3.05) is 31.6 Å². The van der Waals surface area contributed by atoms with Crippen molar-refractivity contribution in [2.45, 2.75) is 25.7 Å². The average molecular weight is 341 g/mol. The number of likely N-dealkylation sites (tertiary alicyclic amines) is 1. The van der Waals surface area contributed by atoms with Crippen LogP contribution in [0, 0.1) is 11.8 Å². The van der Waals surface area contributed by atoms with E-state index in [1.165, 1.54) is 16.7 Å². The van der Waals surface area contributed by atoms with Crippen molar-refractivity contribution in [3.05, 3.63) is 0 Å². The third-order valence-electron chi connectivity index (χ3n) is 4.34. The van der Waals surface area contributed by atoms with Gasteiger partial charge in [-0.1, -0.05) is 12.8 Å². The van der Waals surface area contributed by atoms with Gasteiger partial charge in [-0.3, -0.25) is 24.1 Å². The standard InChI is InChI=1S/C15H23N3O4S/c1-16-12(19)8-23-9-13(20)17-6-7-18-14(21)10-4-2-3-5-11(10)15(18)22/h10-11H,2-9H2,1H3,(H,16,19)(H,17,20)/t10-,11+. The molecule has 0 aromatic rings. The molecule has 1 saturated carbocycles. The second-order valence-corrected chi connectivity index (χ2v) is 6.83. The summed E-state index contributed by atoms with van der Waals surface area (Å²) < 4.78 is 0. The van der Waals surface area contributed by atoms with Gasteiger partial charge in [0.15, 0.2) is 0 Å². The van der Waals surface area contributed by atoms with Crippen molar-refractivity contribution >= 4 is 35.4 Å². The summed E-state index contributed by atoms with van der Waals surface area (Å²) in [7, 11) is 1.55. The number of hydrogen-bond donors (Lipinski definition) is 2. The number of thioether (sulfide) groups is 1. The summed E-state index contributed by atoms with van der Waals surface area (Å²) in [5.41, 5.74) is 0. The summed E-state index contributed by atoms with van der Waals surface area (Å²) in [5.74, 6) is -0.359. The lowest BCUT2D eigenvalue weighted by Gasteiger charge is -2.19.